The molecular weight excluding hydrogens is 232 g/mol. The monoisotopic (exact) mass is 242 g/mol. The number of hydrogen-bond donors (Lipinski definition) is 1. The first-order chi connectivity index (χ1) is 7.40. The number of aliphatic carboxylic acids is 1. The predicted octanol–water partition coefficient (Wildman–Crippen LogP) is 2.23. The van der Waals surface area contributed by atoms with Crippen LogP contribution in [0.15, 0.2) is 6.07 Å². The van der Waals surface area contributed by atoms with E-state index in [-0.39, 0.29) is 16.3 Å². The van der Waals surface area contributed by atoms with Gasteiger partial charge in [0.1, 0.15) is 5.75 Å². The summed E-state index contributed by atoms with van der Waals surface area (Å²) in [6.45, 7) is 3.40. The highest BCUT2D eigenvalue weighted by molar-refractivity contribution is 6.42. The Labute approximate surface area is 97.8 Å². The smallest absolute Gasteiger partial charge is 0.377 e. The van der Waals surface area contributed by atoms with Gasteiger partial charge in [-0.2, -0.15) is 0 Å². The fourth-order valence-corrected chi connectivity index (χ4v) is 1.74. The number of methoxy groups -OCH3 is 1. The van der Waals surface area contributed by atoms with Crippen molar-refractivity contribution in [3.63, 3.8) is 0 Å². The Kier molecular flexibility index (Phi) is 3.55. The maximum Gasteiger partial charge on any atom is 0.377 e. The van der Waals surface area contributed by atoms with Gasteiger partial charge in [-0.3, -0.25) is 4.79 Å². The maximum absolute atomic E-state index is 11.5. The topological polar surface area (TPSA) is 63.6 Å². The molecule has 0 aliphatic rings. The van der Waals surface area contributed by atoms with Gasteiger partial charge in [0.15, 0.2) is 0 Å². The average Bonchev–Trinajstić information content (AvgIpc) is 2.21. The van der Waals surface area contributed by atoms with E-state index in [0.717, 1.165) is 5.56 Å². The van der Waals surface area contributed by atoms with Crippen molar-refractivity contribution in [2.45, 2.75) is 13.8 Å². The molecule has 16 heavy (non-hydrogen) atoms. The molecule has 0 spiro atoms. The lowest BCUT2D eigenvalue weighted by molar-refractivity contribution is -0.131. The molecule has 0 bridgehead atoms. The van der Waals surface area contributed by atoms with E-state index in [9.17, 15) is 9.59 Å². The number of carboxylic acid groups (broad SMARTS) is 1. The SMILES string of the molecule is COc1c(Cl)c(C)cc(C)c1C(=O)C(=O)O. The Morgan fingerprint density at radius 2 is 1.88 bits per heavy atom. The standard InChI is InChI=1S/C11H11ClO4/c1-5-4-6(2)8(12)10(16-3)7(5)9(13)11(14)15/h4H,1-3H3,(H,14,15). The van der Waals surface area contributed by atoms with Crippen LogP contribution in [0.1, 0.15) is 21.5 Å². The van der Waals surface area contributed by atoms with E-state index in [4.69, 9.17) is 21.4 Å². The largest absolute Gasteiger partial charge is 0.494 e. The van der Waals surface area contributed by atoms with E-state index in [1.165, 1.54) is 7.11 Å². The van der Waals surface area contributed by atoms with E-state index in [1.807, 2.05) is 0 Å². The third kappa shape index (κ3) is 2.02. The molecule has 0 aliphatic carbocycles. The van der Waals surface area contributed by atoms with Crippen molar-refractivity contribution < 1.29 is 19.4 Å². The van der Waals surface area contributed by atoms with Gasteiger partial charge in [-0.1, -0.05) is 17.7 Å². The summed E-state index contributed by atoms with van der Waals surface area (Å²) in [4.78, 5) is 22.1. The number of aryl methyl sites for hydroxylation is 2. The summed E-state index contributed by atoms with van der Waals surface area (Å²) >= 11 is 5.95. The van der Waals surface area contributed by atoms with E-state index >= 15 is 0 Å². The molecule has 0 radical (unpaired) electrons. The normalized spacial score (nSPS) is 10.0. The van der Waals surface area contributed by atoms with Crippen LogP contribution in [0.25, 0.3) is 0 Å². The van der Waals surface area contributed by atoms with Crippen molar-refractivity contribution in [2.75, 3.05) is 7.11 Å². The lowest BCUT2D eigenvalue weighted by atomic mass is 10.0. The fraction of sp³-hybridized carbons (Fsp3) is 0.273. The minimum atomic E-state index is -1.53. The van der Waals surface area contributed by atoms with Crippen LogP contribution in [0.3, 0.4) is 0 Å². The number of hydrogen-bond acceptors (Lipinski definition) is 3. The molecule has 1 aromatic rings. The molecule has 86 valence electrons. The van der Waals surface area contributed by atoms with Crippen LogP contribution >= 0.6 is 11.6 Å². The number of ketones is 1. The Bertz CT molecular complexity index is 466. The second kappa shape index (κ2) is 4.53. The molecular formula is C11H11ClO4. The van der Waals surface area contributed by atoms with Crippen LogP contribution in [0.2, 0.25) is 5.02 Å². The van der Waals surface area contributed by atoms with Crippen molar-refractivity contribution >= 4 is 23.4 Å². The van der Waals surface area contributed by atoms with E-state index in [1.54, 1.807) is 19.9 Å². The molecule has 0 atom stereocenters. The molecule has 1 N–H and O–H groups in total. The fourth-order valence-electron chi connectivity index (χ4n) is 1.51. The van der Waals surface area contributed by atoms with Crippen molar-refractivity contribution in [2.24, 2.45) is 0 Å². The average molecular weight is 243 g/mol. The Morgan fingerprint density at radius 3 is 2.31 bits per heavy atom. The zero-order valence-corrected chi connectivity index (χ0v) is 9.88. The van der Waals surface area contributed by atoms with Crippen LogP contribution in [-0.2, 0) is 4.79 Å². The van der Waals surface area contributed by atoms with Crippen LogP contribution in [0.4, 0.5) is 0 Å². The molecule has 0 saturated carbocycles. The number of rotatable bonds is 3. The molecule has 5 heteroatoms. The molecule has 0 aliphatic heterocycles. The van der Waals surface area contributed by atoms with Gasteiger partial charge >= 0.3 is 5.97 Å². The van der Waals surface area contributed by atoms with Gasteiger partial charge in [0.2, 0.25) is 0 Å². The first-order valence-corrected chi connectivity index (χ1v) is 4.89. The van der Waals surface area contributed by atoms with Crippen molar-refractivity contribution in [3.05, 3.63) is 27.8 Å². The zero-order chi connectivity index (χ0) is 12.5. The highest BCUT2D eigenvalue weighted by Crippen LogP contribution is 2.34. The third-order valence-corrected chi connectivity index (χ3v) is 2.70. The molecule has 4 nitrogen and oxygen atoms in total. The van der Waals surface area contributed by atoms with Crippen molar-refractivity contribution in [3.8, 4) is 5.75 Å². The summed E-state index contributed by atoms with van der Waals surface area (Å²) in [5.41, 5.74) is 1.27. The lowest BCUT2D eigenvalue weighted by Crippen LogP contribution is -2.16. The number of carboxylic acids is 1. The second-order valence-electron chi connectivity index (χ2n) is 3.37. The minimum absolute atomic E-state index is 0.00519. The highest BCUT2D eigenvalue weighted by atomic mass is 35.5. The minimum Gasteiger partial charge on any atom is -0.494 e. The van der Waals surface area contributed by atoms with Gasteiger partial charge in [0.25, 0.3) is 5.78 Å². The predicted molar refractivity (Wildman–Crippen MR) is 59.4 cm³/mol. The van der Waals surface area contributed by atoms with Crippen LogP contribution in [-0.4, -0.2) is 24.0 Å². The van der Waals surface area contributed by atoms with Crippen molar-refractivity contribution in [1.82, 2.24) is 0 Å². The molecule has 0 heterocycles. The van der Waals surface area contributed by atoms with E-state index in [2.05, 4.69) is 0 Å². The third-order valence-electron chi connectivity index (χ3n) is 2.23. The first kappa shape index (κ1) is 12.5. The van der Waals surface area contributed by atoms with Gasteiger partial charge < -0.3 is 9.84 Å². The molecule has 0 unspecified atom stereocenters. The van der Waals surface area contributed by atoms with Crippen LogP contribution in [0.5, 0.6) is 5.75 Å². The lowest BCUT2D eigenvalue weighted by Gasteiger charge is -2.12. The Hall–Kier alpha value is -1.55. The summed E-state index contributed by atoms with van der Waals surface area (Å²) in [5, 5.41) is 8.95. The molecule has 0 fully saturated rings. The Morgan fingerprint density at radius 1 is 1.31 bits per heavy atom. The van der Waals surface area contributed by atoms with Gasteiger partial charge in [-0.15, -0.1) is 0 Å². The van der Waals surface area contributed by atoms with Crippen LogP contribution in [0, 0.1) is 13.8 Å². The summed E-state index contributed by atoms with van der Waals surface area (Å²) < 4.78 is 4.99. The number of carbonyl (C=O) groups excluding carboxylic acids is 1. The van der Waals surface area contributed by atoms with Gasteiger partial charge in [0, 0.05) is 0 Å². The molecule has 1 rings (SSSR count). The number of Topliss-reactive ketones (excluding diaryl/α,β-unsaturated/α-hetero) is 1. The number of benzene rings is 1. The maximum atomic E-state index is 11.5. The summed E-state index contributed by atoms with van der Waals surface area (Å²) in [6, 6.07) is 1.65. The highest BCUT2D eigenvalue weighted by Gasteiger charge is 2.24. The zero-order valence-electron chi connectivity index (χ0n) is 9.13. The molecule has 0 saturated heterocycles. The number of carbonyl (C=O) groups is 2. The molecule has 1 aromatic carbocycles. The van der Waals surface area contributed by atoms with Crippen LogP contribution < -0.4 is 4.74 Å². The summed E-state index contributed by atoms with van der Waals surface area (Å²) in [7, 11) is 1.35. The molecule has 0 amide bonds. The second-order valence-corrected chi connectivity index (χ2v) is 3.74. The van der Waals surface area contributed by atoms with E-state index in [0.29, 0.717) is 5.56 Å². The molecule has 0 aromatic heterocycles. The summed E-state index contributed by atoms with van der Waals surface area (Å²) in [5.74, 6) is -2.43. The Balaban J connectivity index is 3.55. The van der Waals surface area contributed by atoms with Crippen molar-refractivity contribution in [1.29, 1.82) is 0 Å². The van der Waals surface area contributed by atoms with E-state index < -0.39 is 11.8 Å². The van der Waals surface area contributed by atoms with Gasteiger partial charge in [-0.05, 0) is 25.0 Å². The summed E-state index contributed by atoms with van der Waals surface area (Å²) in [6.07, 6.45) is 0. The first-order valence-electron chi connectivity index (χ1n) is 4.51. The quantitative estimate of drug-likeness (QED) is 0.652. The van der Waals surface area contributed by atoms with Gasteiger partial charge in [0.05, 0.1) is 17.7 Å². The van der Waals surface area contributed by atoms with Gasteiger partial charge in [-0.25, -0.2) is 4.79 Å². The number of ether oxygens (including phenoxy) is 1. The number of halogens is 1.